The van der Waals surface area contributed by atoms with Gasteiger partial charge in [-0.3, -0.25) is 4.90 Å². The van der Waals surface area contributed by atoms with Crippen molar-refractivity contribution in [3.63, 3.8) is 0 Å². The Labute approximate surface area is 143 Å². The molecule has 0 aliphatic carbocycles. The topological polar surface area (TPSA) is 70.2 Å². The normalized spacial score (nSPS) is 18.4. The molecular formula is C15H20F2N6O2. The van der Waals surface area contributed by atoms with Crippen LogP contribution in [0.25, 0.3) is 11.4 Å². The Morgan fingerprint density at radius 3 is 2.76 bits per heavy atom. The summed E-state index contributed by atoms with van der Waals surface area (Å²) < 4.78 is 40.5. The van der Waals surface area contributed by atoms with Crippen molar-refractivity contribution in [2.45, 2.75) is 25.9 Å². The molecule has 0 spiro atoms. The summed E-state index contributed by atoms with van der Waals surface area (Å²) in [5, 5.41) is 8.28. The molecule has 8 nitrogen and oxygen atoms in total. The third-order valence-corrected chi connectivity index (χ3v) is 4.40. The molecule has 25 heavy (non-hydrogen) atoms. The number of nitrogens with zero attached hydrogens (tertiary/aromatic N) is 6. The zero-order valence-electron chi connectivity index (χ0n) is 13.8. The number of hydrogen-bond donors (Lipinski definition) is 0. The molecule has 4 rings (SSSR count). The maximum absolute atomic E-state index is 13.1. The van der Waals surface area contributed by atoms with Crippen molar-refractivity contribution >= 4 is 0 Å². The molecule has 10 heteroatoms. The molecule has 0 radical (unpaired) electrons. The zero-order chi connectivity index (χ0) is 17.2. The standard InChI is InChI=1S/C15H20F2N6O2/c16-12(17)13-19-14(11-10-18-23-2-1-7-25-15(11)23)22(20-13)4-3-21-5-8-24-9-6-21/h10,12H,1-9H2. The summed E-state index contributed by atoms with van der Waals surface area (Å²) in [7, 11) is 0. The molecular weight excluding hydrogens is 334 g/mol. The minimum Gasteiger partial charge on any atom is -0.477 e. The number of fused-ring (bicyclic) bond motifs is 1. The van der Waals surface area contributed by atoms with Gasteiger partial charge in [0.1, 0.15) is 5.56 Å². The Morgan fingerprint density at radius 1 is 1.12 bits per heavy atom. The van der Waals surface area contributed by atoms with Crippen LogP contribution in [0.3, 0.4) is 0 Å². The predicted octanol–water partition coefficient (Wildman–Crippen LogP) is 1.19. The van der Waals surface area contributed by atoms with Gasteiger partial charge in [-0.2, -0.15) is 5.10 Å². The van der Waals surface area contributed by atoms with Crippen LogP contribution in [0.1, 0.15) is 18.7 Å². The number of aromatic nitrogens is 5. The van der Waals surface area contributed by atoms with E-state index in [0.29, 0.717) is 50.2 Å². The van der Waals surface area contributed by atoms with Crippen LogP contribution in [0.2, 0.25) is 0 Å². The van der Waals surface area contributed by atoms with Gasteiger partial charge in [0.15, 0.2) is 5.82 Å². The Kier molecular flexibility index (Phi) is 4.62. The summed E-state index contributed by atoms with van der Waals surface area (Å²) in [5.41, 5.74) is 0.612. The minimum atomic E-state index is -2.71. The molecule has 0 atom stereocenters. The first-order chi connectivity index (χ1) is 12.2. The van der Waals surface area contributed by atoms with Crippen molar-refractivity contribution in [1.29, 1.82) is 0 Å². The van der Waals surface area contributed by atoms with E-state index >= 15 is 0 Å². The van der Waals surface area contributed by atoms with Crippen molar-refractivity contribution in [2.24, 2.45) is 0 Å². The van der Waals surface area contributed by atoms with E-state index in [9.17, 15) is 8.78 Å². The lowest BCUT2D eigenvalue weighted by molar-refractivity contribution is 0.0359. The summed E-state index contributed by atoms with van der Waals surface area (Å²) >= 11 is 0. The lowest BCUT2D eigenvalue weighted by Crippen LogP contribution is -2.38. The predicted molar refractivity (Wildman–Crippen MR) is 83.6 cm³/mol. The molecule has 0 bridgehead atoms. The van der Waals surface area contributed by atoms with Gasteiger partial charge in [-0.25, -0.2) is 23.1 Å². The number of ether oxygens (including phenoxy) is 2. The van der Waals surface area contributed by atoms with Crippen molar-refractivity contribution < 1.29 is 18.3 Å². The number of hydrogen-bond acceptors (Lipinski definition) is 6. The third-order valence-electron chi connectivity index (χ3n) is 4.40. The molecule has 2 aromatic heterocycles. The molecule has 1 saturated heterocycles. The molecule has 2 aliphatic heterocycles. The van der Waals surface area contributed by atoms with Crippen LogP contribution >= 0.6 is 0 Å². The van der Waals surface area contributed by atoms with Gasteiger partial charge < -0.3 is 9.47 Å². The lowest BCUT2D eigenvalue weighted by Gasteiger charge is -2.26. The van der Waals surface area contributed by atoms with Crippen LogP contribution in [0.5, 0.6) is 5.88 Å². The quantitative estimate of drug-likeness (QED) is 0.803. The van der Waals surface area contributed by atoms with E-state index in [1.807, 2.05) is 0 Å². The van der Waals surface area contributed by atoms with E-state index in [2.05, 4.69) is 20.1 Å². The molecule has 0 N–H and O–H groups in total. The maximum Gasteiger partial charge on any atom is 0.299 e. The average molecular weight is 354 g/mol. The second kappa shape index (κ2) is 7.04. The summed E-state index contributed by atoms with van der Waals surface area (Å²) in [4.78, 5) is 6.27. The highest BCUT2D eigenvalue weighted by atomic mass is 19.3. The fourth-order valence-electron chi connectivity index (χ4n) is 3.09. The van der Waals surface area contributed by atoms with Gasteiger partial charge in [0.05, 0.1) is 32.6 Å². The Bertz CT molecular complexity index is 726. The summed E-state index contributed by atoms with van der Waals surface area (Å²) in [5.74, 6) is 0.492. The van der Waals surface area contributed by atoms with Gasteiger partial charge in [-0.1, -0.05) is 0 Å². The molecule has 0 amide bonds. The average Bonchev–Trinajstić information content (AvgIpc) is 3.25. The third kappa shape index (κ3) is 3.36. The molecule has 136 valence electrons. The second-order valence-electron chi connectivity index (χ2n) is 6.06. The lowest BCUT2D eigenvalue weighted by atomic mass is 10.3. The first kappa shape index (κ1) is 16.4. The van der Waals surface area contributed by atoms with Crippen molar-refractivity contribution in [1.82, 2.24) is 29.4 Å². The van der Waals surface area contributed by atoms with Crippen LogP contribution in [0, 0.1) is 0 Å². The van der Waals surface area contributed by atoms with Gasteiger partial charge in [0.25, 0.3) is 6.43 Å². The Balaban J connectivity index is 1.60. The van der Waals surface area contributed by atoms with E-state index in [1.54, 1.807) is 10.9 Å². The first-order valence-electron chi connectivity index (χ1n) is 8.44. The smallest absolute Gasteiger partial charge is 0.299 e. The molecule has 2 aliphatic rings. The fourth-order valence-corrected chi connectivity index (χ4v) is 3.09. The van der Waals surface area contributed by atoms with Gasteiger partial charge in [-0.05, 0) is 0 Å². The van der Waals surface area contributed by atoms with E-state index < -0.39 is 12.2 Å². The Hall–Kier alpha value is -2.07. The zero-order valence-corrected chi connectivity index (χ0v) is 13.8. The van der Waals surface area contributed by atoms with Crippen molar-refractivity contribution in [3.05, 3.63) is 12.0 Å². The Morgan fingerprint density at radius 2 is 1.96 bits per heavy atom. The van der Waals surface area contributed by atoms with Gasteiger partial charge in [-0.15, -0.1) is 5.10 Å². The van der Waals surface area contributed by atoms with E-state index in [4.69, 9.17) is 9.47 Å². The summed E-state index contributed by atoms with van der Waals surface area (Å²) in [6, 6.07) is 0. The van der Waals surface area contributed by atoms with Crippen molar-refractivity contribution in [2.75, 3.05) is 39.5 Å². The van der Waals surface area contributed by atoms with Gasteiger partial charge in [0.2, 0.25) is 11.7 Å². The number of alkyl halides is 2. The minimum absolute atomic E-state index is 0.381. The first-order valence-corrected chi connectivity index (χ1v) is 8.44. The fraction of sp³-hybridized carbons (Fsp3) is 0.667. The number of morpholine rings is 1. The summed E-state index contributed by atoms with van der Waals surface area (Å²) in [6.07, 6.45) is -0.221. The number of aryl methyl sites for hydroxylation is 1. The van der Waals surface area contributed by atoms with E-state index in [0.717, 1.165) is 26.1 Å². The van der Waals surface area contributed by atoms with Crippen molar-refractivity contribution in [3.8, 4) is 17.3 Å². The second-order valence-corrected chi connectivity index (χ2v) is 6.06. The molecule has 0 aromatic carbocycles. The molecule has 0 saturated carbocycles. The van der Waals surface area contributed by atoms with Crippen LogP contribution in [-0.2, 0) is 17.8 Å². The maximum atomic E-state index is 13.1. The number of rotatable bonds is 5. The molecule has 1 fully saturated rings. The molecule has 0 unspecified atom stereocenters. The SMILES string of the molecule is FC(F)c1nc(-c2cnn3c2OCCC3)n(CCN2CCOCC2)n1. The number of halogens is 2. The largest absolute Gasteiger partial charge is 0.477 e. The van der Waals surface area contributed by atoms with Gasteiger partial charge >= 0.3 is 0 Å². The van der Waals surface area contributed by atoms with Crippen LogP contribution in [0.4, 0.5) is 8.78 Å². The van der Waals surface area contributed by atoms with Crippen LogP contribution in [-0.4, -0.2) is 68.9 Å². The van der Waals surface area contributed by atoms with Gasteiger partial charge in [0, 0.05) is 32.6 Å². The monoisotopic (exact) mass is 354 g/mol. The van der Waals surface area contributed by atoms with Crippen LogP contribution < -0.4 is 4.74 Å². The molecule has 2 aromatic rings. The highest BCUT2D eigenvalue weighted by Crippen LogP contribution is 2.32. The van der Waals surface area contributed by atoms with E-state index in [-0.39, 0.29) is 0 Å². The van der Waals surface area contributed by atoms with E-state index in [1.165, 1.54) is 4.68 Å². The molecule has 4 heterocycles. The summed E-state index contributed by atoms with van der Waals surface area (Å²) in [6.45, 7) is 5.55. The highest BCUT2D eigenvalue weighted by molar-refractivity contribution is 5.61. The van der Waals surface area contributed by atoms with Crippen LogP contribution in [0.15, 0.2) is 6.20 Å². The highest BCUT2D eigenvalue weighted by Gasteiger charge is 2.25.